The van der Waals surface area contributed by atoms with Gasteiger partial charge in [-0.15, -0.1) is 0 Å². The van der Waals surface area contributed by atoms with Gasteiger partial charge in [-0.25, -0.2) is 4.79 Å². The summed E-state index contributed by atoms with van der Waals surface area (Å²) in [5, 5.41) is 0. The maximum atomic E-state index is 11.9. The van der Waals surface area contributed by atoms with E-state index in [0.717, 1.165) is 12.8 Å². The lowest BCUT2D eigenvalue weighted by atomic mass is 9.82. The average molecular weight is 231 g/mol. The maximum Gasteiger partial charge on any atom is 0.330 e. The number of esters is 1. The van der Waals surface area contributed by atoms with E-state index in [1.54, 1.807) is 18.2 Å². The molecule has 0 aliphatic heterocycles. The molecule has 0 amide bonds. The van der Waals surface area contributed by atoms with Crippen LogP contribution in [0.5, 0.6) is 0 Å². The number of benzene rings is 1. The zero-order chi connectivity index (χ0) is 12.9. The van der Waals surface area contributed by atoms with Crippen molar-refractivity contribution in [3.8, 4) is 0 Å². The molecule has 2 N–H and O–H groups in total. The van der Waals surface area contributed by atoms with Gasteiger partial charge in [0.1, 0.15) is 13.4 Å². The van der Waals surface area contributed by atoms with Gasteiger partial charge in [0, 0.05) is 0 Å². The summed E-state index contributed by atoms with van der Waals surface area (Å²) in [6.45, 7) is 2.05. The second-order valence-electron chi connectivity index (χ2n) is 4.19. The van der Waals surface area contributed by atoms with Gasteiger partial charge in [0.25, 0.3) is 0 Å². The van der Waals surface area contributed by atoms with Crippen LogP contribution in [0.25, 0.3) is 0 Å². The average Bonchev–Trinajstić information content (AvgIpc) is 2.34. The first-order chi connectivity index (χ1) is 8.04. The molecule has 0 spiro atoms. The van der Waals surface area contributed by atoms with Crippen LogP contribution in [0.3, 0.4) is 0 Å². The largest absolute Gasteiger partial charge is 0.467 e. The van der Waals surface area contributed by atoms with E-state index in [-0.39, 0.29) is 0 Å². The first kappa shape index (κ1) is 13.8. The second kappa shape index (κ2) is 5.87. The number of unbranched alkanes of at least 4 members (excludes halogenated alkanes) is 1. The SMILES string of the molecule is [B]c1cccc(C(N)(CCCC)C(=O)OC)c1. The molecule has 0 saturated carbocycles. The van der Waals surface area contributed by atoms with E-state index in [1.807, 2.05) is 6.07 Å². The predicted molar refractivity (Wildman–Crippen MR) is 69.2 cm³/mol. The summed E-state index contributed by atoms with van der Waals surface area (Å²) in [4.78, 5) is 11.9. The summed E-state index contributed by atoms with van der Waals surface area (Å²) < 4.78 is 4.80. The standard InChI is InChI=1S/C13H18BNO2/c1-3-4-8-13(15,12(16)17-2)10-6-5-7-11(14)9-10/h5-7,9H,3-4,8,15H2,1-2H3. The molecule has 1 unspecified atom stereocenters. The molecule has 4 heteroatoms. The normalized spacial score (nSPS) is 14.1. The van der Waals surface area contributed by atoms with Crippen molar-refractivity contribution in [3.05, 3.63) is 29.8 Å². The Kier molecular flexibility index (Phi) is 4.76. The molecule has 3 nitrogen and oxygen atoms in total. The van der Waals surface area contributed by atoms with Crippen LogP contribution in [0.1, 0.15) is 31.7 Å². The van der Waals surface area contributed by atoms with Gasteiger partial charge in [0.05, 0.1) is 7.11 Å². The van der Waals surface area contributed by atoms with Gasteiger partial charge < -0.3 is 10.5 Å². The molecule has 17 heavy (non-hydrogen) atoms. The number of hydrogen-bond donors (Lipinski definition) is 1. The summed E-state index contributed by atoms with van der Waals surface area (Å²) in [5.41, 5.74) is 6.40. The maximum absolute atomic E-state index is 11.9. The molecule has 0 aromatic heterocycles. The molecule has 1 aromatic rings. The van der Waals surface area contributed by atoms with Gasteiger partial charge in [0.2, 0.25) is 0 Å². The van der Waals surface area contributed by atoms with Gasteiger partial charge in [0.15, 0.2) is 0 Å². The molecule has 0 heterocycles. The molecule has 1 atom stereocenters. The van der Waals surface area contributed by atoms with E-state index in [9.17, 15) is 4.79 Å². The monoisotopic (exact) mass is 231 g/mol. The van der Waals surface area contributed by atoms with Crippen LogP contribution < -0.4 is 11.2 Å². The quantitative estimate of drug-likeness (QED) is 0.607. The van der Waals surface area contributed by atoms with Crippen molar-refractivity contribution < 1.29 is 9.53 Å². The molecule has 90 valence electrons. The van der Waals surface area contributed by atoms with Crippen LogP contribution >= 0.6 is 0 Å². The Bertz CT molecular complexity index is 395. The topological polar surface area (TPSA) is 52.3 Å². The molecular formula is C13H18BNO2. The summed E-state index contributed by atoms with van der Waals surface area (Å²) >= 11 is 0. The van der Waals surface area contributed by atoms with Gasteiger partial charge in [-0.3, -0.25) is 0 Å². The van der Waals surface area contributed by atoms with Crippen LogP contribution in [-0.2, 0) is 15.1 Å². The first-order valence-corrected chi connectivity index (χ1v) is 5.78. The highest BCUT2D eigenvalue weighted by Gasteiger charge is 2.36. The van der Waals surface area contributed by atoms with Crippen LogP contribution in [0.2, 0.25) is 0 Å². The van der Waals surface area contributed by atoms with Crippen LogP contribution in [0.15, 0.2) is 24.3 Å². The number of methoxy groups -OCH3 is 1. The Morgan fingerprint density at radius 1 is 1.53 bits per heavy atom. The molecule has 0 aliphatic carbocycles. The lowest BCUT2D eigenvalue weighted by Gasteiger charge is -2.27. The fourth-order valence-electron chi connectivity index (χ4n) is 1.82. The van der Waals surface area contributed by atoms with E-state index in [4.69, 9.17) is 18.3 Å². The van der Waals surface area contributed by atoms with E-state index in [2.05, 4.69) is 6.92 Å². The van der Waals surface area contributed by atoms with Gasteiger partial charge in [-0.2, -0.15) is 0 Å². The van der Waals surface area contributed by atoms with Crippen LogP contribution in [0, 0.1) is 0 Å². The summed E-state index contributed by atoms with van der Waals surface area (Å²) in [6.07, 6.45) is 2.39. The molecule has 1 rings (SSSR count). The molecule has 0 aliphatic rings. The third-order valence-electron chi connectivity index (χ3n) is 2.88. The van der Waals surface area contributed by atoms with Crippen molar-refractivity contribution in [2.24, 2.45) is 5.73 Å². The molecule has 1 aromatic carbocycles. The second-order valence-corrected chi connectivity index (χ2v) is 4.19. The minimum atomic E-state index is -1.10. The summed E-state index contributed by atoms with van der Waals surface area (Å²) in [6, 6.07) is 7.09. The Labute approximate surface area is 104 Å². The van der Waals surface area contributed by atoms with Crippen molar-refractivity contribution in [1.82, 2.24) is 0 Å². The minimum Gasteiger partial charge on any atom is -0.467 e. The zero-order valence-electron chi connectivity index (χ0n) is 10.4. The number of ether oxygens (including phenoxy) is 1. The molecule has 0 saturated heterocycles. The molecule has 2 radical (unpaired) electrons. The minimum absolute atomic E-state index is 0.420. The summed E-state index contributed by atoms with van der Waals surface area (Å²) in [5.74, 6) is -0.420. The highest BCUT2D eigenvalue weighted by atomic mass is 16.5. The highest BCUT2D eigenvalue weighted by molar-refractivity contribution is 6.32. The van der Waals surface area contributed by atoms with Crippen molar-refractivity contribution >= 4 is 19.3 Å². The Balaban J connectivity index is 3.09. The van der Waals surface area contributed by atoms with Crippen molar-refractivity contribution in [1.29, 1.82) is 0 Å². The Morgan fingerprint density at radius 2 is 2.24 bits per heavy atom. The molecular weight excluding hydrogens is 213 g/mol. The smallest absolute Gasteiger partial charge is 0.330 e. The number of rotatable bonds is 5. The van der Waals surface area contributed by atoms with Crippen LogP contribution in [0.4, 0.5) is 0 Å². The fraction of sp³-hybridized carbons (Fsp3) is 0.462. The van der Waals surface area contributed by atoms with Crippen LogP contribution in [-0.4, -0.2) is 20.9 Å². The third-order valence-corrected chi connectivity index (χ3v) is 2.88. The van der Waals surface area contributed by atoms with Crippen molar-refractivity contribution in [2.45, 2.75) is 31.7 Å². The lowest BCUT2D eigenvalue weighted by Crippen LogP contribution is -2.46. The first-order valence-electron chi connectivity index (χ1n) is 5.78. The van der Waals surface area contributed by atoms with E-state index >= 15 is 0 Å². The number of nitrogens with two attached hydrogens (primary N) is 1. The van der Waals surface area contributed by atoms with Gasteiger partial charge in [-0.1, -0.05) is 49.5 Å². The third kappa shape index (κ3) is 3.10. The highest BCUT2D eigenvalue weighted by Crippen LogP contribution is 2.25. The number of carbonyl (C=O) groups excluding carboxylic acids is 1. The summed E-state index contributed by atoms with van der Waals surface area (Å²) in [7, 11) is 7.07. The Morgan fingerprint density at radius 3 is 2.76 bits per heavy atom. The molecule has 0 bridgehead atoms. The van der Waals surface area contributed by atoms with Gasteiger partial charge >= 0.3 is 5.97 Å². The van der Waals surface area contributed by atoms with Crippen molar-refractivity contribution in [2.75, 3.05) is 7.11 Å². The fourth-order valence-corrected chi connectivity index (χ4v) is 1.82. The number of hydrogen-bond acceptors (Lipinski definition) is 3. The van der Waals surface area contributed by atoms with E-state index < -0.39 is 11.5 Å². The molecule has 0 fully saturated rings. The van der Waals surface area contributed by atoms with Gasteiger partial charge in [-0.05, 0) is 12.0 Å². The van der Waals surface area contributed by atoms with E-state index in [0.29, 0.717) is 17.4 Å². The number of carbonyl (C=O) groups is 1. The predicted octanol–water partition coefficient (Wildman–Crippen LogP) is 0.998. The zero-order valence-corrected chi connectivity index (χ0v) is 10.4. The lowest BCUT2D eigenvalue weighted by molar-refractivity contribution is -0.147. The van der Waals surface area contributed by atoms with Crippen molar-refractivity contribution in [3.63, 3.8) is 0 Å². The Hall–Kier alpha value is -1.29. The van der Waals surface area contributed by atoms with E-state index in [1.165, 1.54) is 7.11 Å².